The number of rotatable bonds is 6. The second-order valence-corrected chi connectivity index (χ2v) is 5.80. The fourth-order valence-electron chi connectivity index (χ4n) is 2.51. The van der Waals surface area contributed by atoms with Gasteiger partial charge in [-0.2, -0.15) is 0 Å². The summed E-state index contributed by atoms with van der Waals surface area (Å²) in [5.74, 6) is -1.73. The Balaban J connectivity index is 1.72. The highest BCUT2D eigenvalue weighted by Crippen LogP contribution is 2.24. The van der Waals surface area contributed by atoms with Gasteiger partial charge in [-0.1, -0.05) is 24.3 Å². The fourth-order valence-corrected chi connectivity index (χ4v) is 2.51. The number of para-hydroxylation sites is 2. The van der Waals surface area contributed by atoms with Gasteiger partial charge < -0.3 is 9.47 Å². The summed E-state index contributed by atoms with van der Waals surface area (Å²) in [6.07, 6.45) is 0. The van der Waals surface area contributed by atoms with Gasteiger partial charge in [0.2, 0.25) is 0 Å². The van der Waals surface area contributed by atoms with Crippen LogP contribution in [0.2, 0.25) is 0 Å². The van der Waals surface area contributed by atoms with E-state index >= 15 is 0 Å². The van der Waals surface area contributed by atoms with Crippen molar-refractivity contribution in [3.8, 4) is 11.5 Å². The van der Waals surface area contributed by atoms with E-state index in [-0.39, 0.29) is 22.6 Å². The summed E-state index contributed by atoms with van der Waals surface area (Å²) >= 11 is 0. The lowest BCUT2D eigenvalue weighted by atomic mass is 10.2. The third-order valence-corrected chi connectivity index (χ3v) is 3.89. The molecule has 0 N–H and O–H groups in total. The average Bonchev–Trinajstić information content (AvgIpc) is 2.75. The molecule has 3 aromatic rings. The number of ether oxygens (including phenoxy) is 2. The summed E-state index contributed by atoms with van der Waals surface area (Å²) in [4.78, 5) is 45.1. The maximum atomic E-state index is 12.2. The Morgan fingerprint density at radius 3 is 1.27 bits per heavy atom. The van der Waals surface area contributed by atoms with E-state index in [4.69, 9.17) is 9.47 Å². The number of carbonyl (C=O) groups is 2. The van der Waals surface area contributed by atoms with Gasteiger partial charge in [-0.3, -0.25) is 20.2 Å². The van der Waals surface area contributed by atoms with E-state index in [9.17, 15) is 29.8 Å². The molecule has 0 aliphatic carbocycles. The van der Waals surface area contributed by atoms with Crippen molar-refractivity contribution in [3.63, 3.8) is 0 Å². The lowest BCUT2D eigenvalue weighted by Gasteiger charge is -2.07. The molecule has 3 rings (SSSR count). The van der Waals surface area contributed by atoms with E-state index in [1.807, 2.05) is 0 Å². The second-order valence-electron chi connectivity index (χ2n) is 5.80. The average molecular weight is 408 g/mol. The molecule has 0 fully saturated rings. The van der Waals surface area contributed by atoms with Crippen molar-refractivity contribution in [1.29, 1.82) is 0 Å². The molecule has 10 heteroatoms. The quantitative estimate of drug-likeness (QED) is 0.259. The van der Waals surface area contributed by atoms with Crippen LogP contribution in [-0.2, 0) is 0 Å². The second kappa shape index (κ2) is 8.61. The molecule has 0 bridgehead atoms. The fraction of sp³-hybridized carbons (Fsp3) is 0. The SMILES string of the molecule is O=C(Oc1ccc(OC(=O)c2ccccc2[N+](=O)[O-])cc1)c1ccccc1[N+](=O)[O-]. The summed E-state index contributed by atoms with van der Waals surface area (Å²) in [5.41, 5.74) is -1.21. The smallest absolute Gasteiger partial charge is 0.350 e. The highest BCUT2D eigenvalue weighted by molar-refractivity contribution is 5.96. The number of hydrogen-bond acceptors (Lipinski definition) is 8. The van der Waals surface area contributed by atoms with Crippen molar-refractivity contribution in [1.82, 2.24) is 0 Å². The van der Waals surface area contributed by atoms with Crippen molar-refractivity contribution >= 4 is 23.3 Å². The van der Waals surface area contributed by atoms with Gasteiger partial charge in [0.05, 0.1) is 9.85 Å². The summed E-state index contributed by atoms with van der Waals surface area (Å²) < 4.78 is 10.2. The molecule has 0 aliphatic heterocycles. The largest absolute Gasteiger partial charge is 0.423 e. The molecule has 0 aliphatic rings. The van der Waals surface area contributed by atoms with Crippen LogP contribution in [0, 0.1) is 20.2 Å². The summed E-state index contributed by atoms with van der Waals surface area (Å²) in [7, 11) is 0. The van der Waals surface area contributed by atoms with Crippen molar-refractivity contribution in [2.75, 3.05) is 0 Å². The molecule has 0 heterocycles. The first-order valence-electron chi connectivity index (χ1n) is 8.38. The van der Waals surface area contributed by atoms with E-state index in [0.717, 1.165) is 0 Å². The molecule has 0 aromatic heterocycles. The maximum Gasteiger partial charge on any atom is 0.350 e. The van der Waals surface area contributed by atoms with Gasteiger partial charge >= 0.3 is 11.9 Å². The van der Waals surface area contributed by atoms with Crippen LogP contribution in [0.1, 0.15) is 20.7 Å². The van der Waals surface area contributed by atoms with Gasteiger partial charge in [-0.15, -0.1) is 0 Å². The first-order valence-corrected chi connectivity index (χ1v) is 8.38. The normalized spacial score (nSPS) is 10.1. The molecule has 0 saturated heterocycles. The van der Waals surface area contributed by atoms with Crippen molar-refractivity contribution < 1.29 is 28.9 Å². The van der Waals surface area contributed by atoms with Gasteiger partial charge in [0.15, 0.2) is 0 Å². The molecule has 0 atom stereocenters. The lowest BCUT2D eigenvalue weighted by molar-refractivity contribution is -0.385. The van der Waals surface area contributed by atoms with Crippen molar-refractivity contribution in [2.24, 2.45) is 0 Å². The van der Waals surface area contributed by atoms with Crippen molar-refractivity contribution in [3.05, 3.63) is 104 Å². The molecule has 0 radical (unpaired) electrons. The number of nitro groups is 2. The summed E-state index contributed by atoms with van der Waals surface area (Å²) in [5, 5.41) is 22.0. The molecule has 0 unspecified atom stereocenters. The van der Waals surface area contributed by atoms with Crippen LogP contribution in [0.25, 0.3) is 0 Å². The molecular weight excluding hydrogens is 396 g/mol. The van der Waals surface area contributed by atoms with Crippen LogP contribution in [-0.4, -0.2) is 21.8 Å². The van der Waals surface area contributed by atoms with E-state index in [1.54, 1.807) is 0 Å². The molecule has 10 nitrogen and oxygen atoms in total. The minimum absolute atomic E-state index is 0.0589. The Morgan fingerprint density at radius 2 is 0.933 bits per heavy atom. The highest BCUT2D eigenvalue weighted by Gasteiger charge is 2.22. The van der Waals surface area contributed by atoms with Gasteiger partial charge in [-0.05, 0) is 36.4 Å². The Hall–Kier alpha value is -4.60. The number of nitro benzene ring substituents is 2. The van der Waals surface area contributed by atoms with Gasteiger partial charge in [0, 0.05) is 12.1 Å². The Labute approximate surface area is 168 Å². The Kier molecular flexibility index (Phi) is 5.78. The van der Waals surface area contributed by atoms with Gasteiger partial charge in [0.25, 0.3) is 11.4 Å². The Morgan fingerprint density at radius 1 is 0.600 bits per heavy atom. The predicted octanol–water partition coefficient (Wildman–Crippen LogP) is 3.94. The number of nitrogens with zero attached hydrogens (tertiary/aromatic N) is 2. The van der Waals surface area contributed by atoms with Crippen LogP contribution in [0.4, 0.5) is 11.4 Å². The molecule has 150 valence electrons. The topological polar surface area (TPSA) is 139 Å². The molecular formula is C20H12N2O8. The van der Waals surface area contributed by atoms with Crippen molar-refractivity contribution in [2.45, 2.75) is 0 Å². The minimum Gasteiger partial charge on any atom is -0.423 e. The zero-order valence-corrected chi connectivity index (χ0v) is 15.1. The highest BCUT2D eigenvalue weighted by atomic mass is 16.6. The molecule has 30 heavy (non-hydrogen) atoms. The van der Waals surface area contributed by atoms with Crippen LogP contribution in [0.5, 0.6) is 11.5 Å². The summed E-state index contributed by atoms with van der Waals surface area (Å²) in [6, 6.07) is 15.9. The minimum atomic E-state index is -0.924. The Bertz CT molecular complexity index is 1050. The lowest BCUT2D eigenvalue weighted by Crippen LogP contribution is -2.12. The first-order chi connectivity index (χ1) is 14.4. The zero-order valence-electron chi connectivity index (χ0n) is 15.1. The maximum absolute atomic E-state index is 12.2. The molecule has 0 saturated carbocycles. The number of carbonyl (C=O) groups excluding carboxylic acids is 2. The first kappa shape index (κ1) is 20.1. The monoisotopic (exact) mass is 408 g/mol. The third kappa shape index (κ3) is 4.44. The van der Waals surface area contributed by atoms with E-state index in [2.05, 4.69) is 0 Å². The van der Waals surface area contributed by atoms with Crippen LogP contribution < -0.4 is 9.47 Å². The molecule has 0 spiro atoms. The molecule has 3 aromatic carbocycles. The van der Waals surface area contributed by atoms with E-state index in [0.29, 0.717) is 0 Å². The summed E-state index contributed by atoms with van der Waals surface area (Å²) in [6.45, 7) is 0. The van der Waals surface area contributed by atoms with Crippen LogP contribution in [0.15, 0.2) is 72.8 Å². The zero-order chi connectivity index (χ0) is 21.7. The number of esters is 2. The van der Waals surface area contributed by atoms with E-state index < -0.39 is 33.2 Å². The van der Waals surface area contributed by atoms with Gasteiger partial charge in [-0.25, -0.2) is 9.59 Å². The van der Waals surface area contributed by atoms with Crippen LogP contribution in [0.3, 0.4) is 0 Å². The van der Waals surface area contributed by atoms with Gasteiger partial charge in [0.1, 0.15) is 22.6 Å². The standard InChI is InChI=1S/C20H12N2O8/c23-19(15-5-1-3-7-17(15)21(25)26)29-13-9-11-14(12-10-13)30-20(24)16-6-2-4-8-18(16)22(27)28/h1-12H. The van der Waals surface area contributed by atoms with Crippen LogP contribution >= 0.6 is 0 Å². The number of benzene rings is 3. The third-order valence-electron chi connectivity index (χ3n) is 3.89. The number of hydrogen-bond donors (Lipinski definition) is 0. The van der Waals surface area contributed by atoms with E-state index in [1.165, 1.54) is 72.8 Å². The predicted molar refractivity (Wildman–Crippen MR) is 103 cm³/mol. The molecule has 0 amide bonds.